The zero-order valence-corrected chi connectivity index (χ0v) is 20.9. The molecule has 2 heterocycles. The zero-order valence-electron chi connectivity index (χ0n) is 17.7. The van der Waals surface area contributed by atoms with Crippen molar-refractivity contribution in [1.29, 1.82) is 0 Å². The first-order valence-electron chi connectivity index (χ1n) is 10.2. The van der Waals surface area contributed by atoms with Gasteiger partial charge in [-0.3, -0.25) is 19.1 Å². The number of hydrogen-bond acceptors (Lipinski definition) is 5. The molecular formula is C24H15Br2N5O4. The molecule has 3 aromatic carbocycles. The molecule has 0 spiro atoms. The second-order valence-electron chi connectivity index (χ2n) is 7.50. The molecular weight excluding hydrogens is 582 g/mol. The van der Waals surface area contributed by atoms with Gasteiger partial charge in [-0.25, -0.2) is 4.79 Å². The van der Waals surface area contributed by atoms with Gasteiger partial charge in [0.25, 0.3) is 11.8 Å². The van der Waals surface area contributed by atoms with Crippen molar-refractivity contribution < 1.29 is 14.1 Å². The number of aromatic nitrogens is 3. The van der Waals surface area contributed by atoms with Crippen molar-refractivity contribution in [2.75, 3.05) is 10.6 Å². The van der Waals surface area contributed by atoms with Crippen LogP contribution in [-0.4, -0.2) is 26.9 Å². The summed E-state index contributed by atoms with van der Waals surface area (Å²) in [6, 6.07) is 19.2. The second kappa shape index (κ2) is 9.35. The first-order chi connectivity index (χ1) is 16.9. The van der Waals surface area contributed by atoms with E-state index >= 15 is 0 Å². The molecule has 0 radical (unpaired) electrons. The fraction of sp³-hybridized carbons (Fsp3) is 0. The van der Waals surface area contributed by atoms with E-state index in [1.54, 1.807) is 60.7 Å². The molecule has 0 saturated heterocycles. The lowest BCUT2D eigenvalue weighted by atomic mass is 10.1. The first kappa shape index (κ1) is 22.8. The number of benzene rings is 3. The van der Waals surface area contributed by atoms with Crippen molar-refractivity contribution in [3.05, 3.63) is 97.5 Å². The summed E-state index contributed by atoms with van der Waals surface area (Å²) in [6.07, 6.45) is 0. The Kier molecular flexibility index (Phi) is 6.10. The molecule has 2 amide bonds. The number of aromatic amines is 2. The molecule has 0 fully saturated rings. The molecule has 0 bridgehead atoms. The van der Waals surface area contributed by atoms with Crippen LogP contribution in [0.5, 0.6) is 0 Å². The number of carbonyl (C=O) groups is 2. The van der Waals surface area contributed by atoms with Crippen LogP contribution in [-0.2, 0) is 0 Å². The Balaban J connectivity index is 1.42. The summed E-state index contributed by atoms with van der Waals surface area (Å²) < 4.78 is 6.20. The highest BCUT2D eigenvalue weighted by Crippen LogP contribution is 2.30. The normalized spacial score (nSPS) is 10.9. The summed E-state index contributed by atoms with van der Waals surface area (Å²) >= 11 is 6.73. The van der Waals surface area contributed by atoms with Gasteiger partial charge in [-0.15, -0.1) is 0 Å². The average Bonchev–Trinajstić information content (AvgIpc) is 3.47. The lowest BCUT2D eigenvalue weighted by Gasteiger charge is -2.09. The SMILES string of the molecule is O=C(Nc1cccc2cc(C(=O)Nc3ccc(Br)cc3-c3noc(=O)[nH]3)[nH]c12)c1ccc(Br)cc1. The Bertz CT molecular complexity index is 1640. The van der Waals surface area contributed by atoms with Crippen molar-refractivity contribution in [3.63, 3.8) is 0 Å². The highest BCUT2D eigenvalue weighted by Gasteiger charge is 2.17. The standard InChI is InChI=1S/C24H15Br2N5O4/c25-14-6-4-12(5-7-14)22(32)29-18-3-1-2-13-10-19(27-20(13)18)23(33)28-17-9-8-15(26)11-16(17)21-30-24(34)35-31-21/h1-11,27H,(H,28,33)(H,29,32)(H,30,31,34). The van der Waals surface area contributed by atoms with Gasteiger partial charge in [-0.1, -0.05) is 49.1 Å². The number of nitrogens with one attached hydrogen (secondary N) is 4. The molecule has 9 nitrogen and oxygen atoms in total. The molecule has 5 aromatic rings. The van der Waals surface area contributed by atoms with Crippen LogP contribution in [0.2, 0.25) is 0 Å². The van der Waals surface area contributed by atoms with Crippen molar-refractivity contribution in [3.8, 4) is 11.4 Å². The number of amides is 2. The predicted molar refractivity (Wildman–Crippen MR) is 139 cm³/mol. The van der Waals surface area contributed by atoms with Crippen LogP contribution in [0.15, 0.2) is 85.0 Å². The Labute approximate surface area is 214 Å². The average molecular weight is 597 g/mol. The molecule has 174 valence electrons. The van der Waals surface area contributed by atoms with Gasteiger partial charge in [0.05, 0.1) is 16.9 Å². The summed E-state index contributed by atoms with van der Waals surface area (Å²) in [7, 11) is 0. The number of anilines is 2. The maximum absolute atomic E-state index is 13.1. The van der Waals surface area contributed by atoms with E-state index in [1.807, 2.05) is 6.07 Å². The van der Waals surface area contributed by atoms with Gasteiger partial charge in [0, 0.05) is 25.5 Å². The molecule has 0 aliphatic rings. The zero-order chi connectivity index (χ0) is 24.5. The topological polar surface area (TPSA) is 133 Å². The van der Waals surface area contributed by atoms with E-state index < -0.39 is 11.7 Å². The monoisotopic (exact) mass is 595 g/mol. The number of rotatable bonds is 5. The molecule has 2 aromatic heterocycles. The van der Waals surface area contributed by atoms with Crippen molar-refractivity contribution >= 4 is 66.0 Å². The van der Waals surface area contributed by atoms with E-state index in [2.05, 4.69) is 62.1 Å². The molecule has 0 saturated carbocycles. The number of nitrogens with zero attached hydrogens (tertiary/aromatic N) is 1. The Morgan fingerprint density at radius 3 is 2.31 bits per heavy atom. The van der Waals surface area contributed by atoms with Crippen LogP contribution >= 0.6 is 31.9 Å². The van der Waals surface area contributed by atoms with Crippen LogP contribution < -0.4 is 16.4 Å². The number of fused-ring (bicyclic) bond motifs is 1. The van der Waals surface area contributed by atoms with Gasteiger partial charge in [-0.05, 0) is 54.6 Å². The van der Waals surface area contributed by atoms with Crippen LogP contribution in [0.3, 0.4) is 0 Å². The van der Waals surface area contributed by atoms with E-state index in [1.165, 1.54) is 0 Å². The highest BCUT2D eigenvalue weighted by atomic mass is 79.9. The maximum Gasteiger partial charge on any atom is 0.439 e. The van der Waals surface area contributed by atoms with E-state index in [0.717, 1.165) is 14.3 Å². The van der Waals surface area contributed by atoms with Crippen LogP contribution in [0.1, 0.15) is 20.8 Å². The fourth-order valence-electron chi connectivity index (χ4n) is 3.54. The number of halogens is 2. The van der Waals surface area contributed by atoms with Crippen molar-refractivity contribution in [2.24, 2.45) is 0 Å². The second-order valence-corrected chi connectivity index (χ2v) is 9.33. The van der Waals surface area contributed by atoms with E-state index in [-0.39, 0.29) is 17.4 Å². The molecule has 0 atom stereocenters. The van der Waals surface area contributed by atoms with Gasteiger partial charge >= 0.3 is 5.76 Å². The number of H-pyrrole nitrogens is 2. The third-order valence-corrected chi connectivity index (χ3v) is 6.20. The molecule has 0 aliphatic carbocycles. The molecule has 5 rings (SSSR count). The van der Waals surface area contributed by atoms with Gasteiger partial charge in [0.1, 0.15) is 5.69 Å². The summed E-state index contributed by atoms with van der Waals surface area (Å²) in [4.78, 5) is 42.7. The lowest BCUT2D eigenvalue weighted by molar-refractivity contribution is 0.101. The number of para-hydroxylation sites is 1. The molecule has 11 heteroatoms. The summed E-state index contributed by atoms with van der Waals surface area (Å²) in [5, 5.41) is 10.2. The van der Waals surface area contributed by atoms with E-state index in [0.29, 0.717) is 28.0 Å². The van der Waals surface area contributed by atoms with E-state index in [4.69, 9.17) is 0 Å². The quantitative estimate of drug-likeness (QED) is 0.211. The Morgan fingerprint density at radius 1 is 0.829 bits per heavy atom. The third-order valence-electron chi connectivity index (χ3n) is 5.18. The van der Waals surface area contributed by atoms with Crippen LogP contribution in [0.4, 0.5) is 11.4 Å². The lowest BCUT2D eigenvalue weighted by Crippen LogP contribution is -2.13. The Hall–Kier alpha value is -3.96. The molecule has 0 unspecified atom stereocenters. The van der Waals surface area contributed by atoms with Crippen molar-refractivity contribution in [1.82, 2.24) is 15.1 Å². The van der Waals surface area contributed by atoms with Gasteiger partial charge in [0.15, 0.2) is 5.82 Å². The van der Waals surface area contributed by atoms with Gasteiger partial charge in [0.2, 0.25) is 0 Å². The minimum absolute atomic E-state index is 0.182. The fourth-order valence-corrected chi connectivity index (χ4v) is 4.16. The smallest absolute Gasteiger partial charge is 0.349 e. The minimum Gasteiger partial charge on any atom is -0.349 e. The largest absolute Gasteiger partial charge is 0.439 e. The predicted octanol–water partition coefficient (Wildman–Crippen LogP) is 5.54. The third kappa shape index (κ3) is 4.81. The Morgan fingerprint density at radius 2 is 1.57 bits per heavy atom. The van der Waals surface area contributed by atoms with E-state index in [9.17, 15) is 14.4 Å². The van der Waals surface area contributed by atoms with Gasteiger partial charge in [-0.2, -0.15) is 0 Å². The maximum atomic E-state index is 13.1. The molecule has 0 aliphatic heterocycles. The van der Waals surface area contributed by atoms with Crippen LogP contribution in [0, 0.1) is 0 Å². The molecule has 4 N–H and O–H groups in total. The molecule has 35 heavy (non-hydrogen) atoms. The minimum atomic E-state index is -0.703. The summed E-state index contributed by atoms with van der Waals surface area (Å²) in [5.74, 6) is -1.21. The number of hydrogen-bond donors (Lipinski definition) is 4. The summed E-state index contributed by atoms with van der Waals surface area (Å²) in [5.41, 5.74) is 2.83. The number of carbonyl (C=O) groups excluding carboxylic acids is 2. The first-order valence-corrected chi connectivity index (χ1v) is 11.8. The van der Waals surface area contributed by atoms with Crippen molar-refractivity contribution in [2.45, 2.75) is 0 Å². The highest BCUT2D eigenvalue weighted by molar-refractivity contribution is 9.10. The summed E-state index contributed by atoms with van der Waals surface area (Å²) in [6.45, 7) is 0. The van der Waals surface area contributed by atoms with Gasteiger partial charge < -0.3 is 15.6 Å². The van der Waals surface area contributed by atoms with Crippen LogP contribution in [0.25, 0.3) is 22.3 Å².